The standard InChI is InChI=1S/C16H20N4O2S/c1-11-5-6-13(22-11)7-8-14(21)20-9-3-4-12(10-20)15-17-18-16(23)19(15)2/h5-8,12H,3-4,9-10H2,1-2H3,(H,18,23)/b8-7-/t12-/m1/s1. The molecular formula is C16H20N4O2S. The number of aromatic amines is 1. The number of hydrogen-bond donors (Lipinski definition) is 1. The molecule has 3 rings (SSSR count). The molecule has 1 N–H and O–H groups in total. The summed E-state index contributed by atoms with van der Waals surface area (Å²) in [6, 6.07) is 3.73. The van der Waals surface area contributed by atoms with E-state index in [0.717, 1.165) is 31.0 Å². The molecule has 0 bridgehead atoms. The van der Waals surface area contributed by atoms with E-state index in [-0.39, 0.29) is 11.8 Å². The second-order valence-electron chi connectivity index (χ2n) is 5.85. The zero-order valence-electron chi connectivity index (χ0n) is 13.3. The van der Waals surface area contributed by atoms with Crippen LogP contribution in [0.3, 0.4) is 0 Å². The van der Waals surface area contributed by atoms with Crippen molar-refractivity contribution in [2.24, 2.45) is 7.05 Å². The van der Waals surface area contributed by atoms with Gasteiger partial charge in [0.2, 0.25) is 5.91 Å². The highest BCUT2D eigenvalue weighted by Crippen LogP contribution is 2.25. The van der Waals surface area contributed by atoms with E-state index in [1.165, 1.54) is 0 Å². The number of likely N-dealkylation sites (tertiary alicyclic amines) is 1. The molecular weight excluding hydrogens is 312 g/mol. The van der Waals surface area contributed by atoms with E-state index in [2.05, 4.69) is 10.2 Å². The van der Waals surface area contributed by atoms with Gasteiger partial charge in [-0.3, -0.25) is 9.89 Å². The predicted molar refractivity (Wildman–Crippen MR) is 89.4 cm³/mol. The van der Waals surface area contributed by atoms with Gasteiger partial charge in [-0.25, -0.2) is 0 Å². The van der Waals surface area contributed by atoms with Crippen molar-refractivity contribution in [1.29, 1.82) is 0 Å². The SMILES string of the molecule is Cc1ccc(/C=C\C(=O)N2CCC[C@@H](c3n[nH]c(=S)n3C)C2)o1. The molecule has 0 spiro atoms. The van der Waals surface area contributed by atoms with E-state index in [9.17, 15) is 4.79 Å². The maximum absolute atomic E-state index is 12.4. The summed E-state index contributed by atoms with van der Waals surface area (Å²) in [7, 11) is 1.90. The van der Waals surface area contributed by atoms with Crippen molar-refractivity contribution >= 4 is 24.2 Å². The summed E-state index contributed by atoms with van der Waals surface area (Å²) in [5.41, 5.74) is 0. The Bertz CT molecular complexity index is 786. The summed E-state index contributed by atoms with van der Waals surface area (Å²) in [6.07, 6.45) is 5.26. The van der Waals surface area contributed by atoms with E-state index in [1.54, 1.807) is 12.2 Å². The summed E-state index contributed by atoms with van der Waals surface area (Å²) >= 11 is 5.16. The van der Waals surface area contributed by atoms with Gasteiger partial charge in [-0.2, -0.15) is 5.10 Å². The Balaban J connectivity index is 1.68. The molecule has 1 aliphatic rings. The normalized spacial score (nSPS) is 18.7. The van der Waals surface area contributed by atoms with Crippen LogP contribution < -0.4 is 0 Å². The number of rotatable bonds is 3. The lowest BCUT2D eigenvalue weighted by Crippen LogP contribution is -2.38. The number of aryl methyl sites for hydroxylation is 1. The van der Waals surface area contributed by atoms with Crippen LogP contribution in [0.15, 0.2) is 22.6 Å². The fourth-order valence-electron chi connectivity index (χ4n) is 2.91. The molecule has 3 heterocycles. The van der Waals surface area contributed by atoms with Crippen molar-refractivity contribution in [3.05, 3.63) is 40.3 Å². The van der Waals surface area contributed by atoms with Gasteiger partial charge in [0.25, 0.3) is 0 Å². The van der Waals surface area contributed by atoms with Crippen LogP contribution in [0.4, 0.5) is 0 Å². The Kier molecular flexibility index (Phi) is 4.47. The van der Waals surface area contributed by atoms with Gasteiger partial charge in [-0.15, -0.1) is 0 Å². The first kappa shape index (κ1) is 15.7. The highest BCUT2D eigenvalue weighted by Gasteiger charge is 2.26. The topological polar surface area (TPSA) is 67.1 Å². The molecule has 2 aromatic heterocycles. The van der Waals surface area contributed by atoms with Crippen molar-refractivity contribution in [3.63, 3.8) is 0 Å². The zero-order valence-corrected chi connectivity index (χ0v) is 14.1. The fourth-order valence-corrected chi connectivity index (χ4v) is 3.05. The van der Waals surface area contributed by atoms with Crippen molar-refractivity contribution in [1.82, 2.24) is 19.7 Å². The lowest BCUT2D eigenvalue weighted by Gasteiger charge is -2.31. The van der Waals surface area contributed by atoms with Crippen molar-refractivity contribution in [2.45, 2.75) is 25.7 Å². The van der Waals surface area contributed by atoms with Gasteiger partial charge in [0.1, 0.15) is 17.3 Å². The number of aromatic nitrogens is 3. The van der Waals surface area contributed by atoms with Crippen molar-refractivity contribution in [2.75, 3.05) is 13.1 Å². The second kappa shape index (κ2) is 6.54. The summed E-state index contributed by atoms with van der Waals surface area (Å²) in [5.74, 6) is 2.66. The van der Waals surface area contributed by atoms with Crippen LogP contribution in [0.25, 0.3) is 6.08 Å². The van der Waals surface area contributed by atoms with Gasteiger partial charge in [-0.1, -0.05) is 0 Å². The Hall–Kier alpha value is -2.15. The summed E-state index contributed by atoms with van der Waals surface area (Å²) < 4.78 is 7.94. The number of H-pyrrole nitrogens is 1. The predicted octanol–water partition coefficient (Wildman–Crippen LogP) is 2.80. The number of amides is 1. The maximum Gasteiger partial charge on any atom is 0.246 e. The highest BCUT2D eigenvalue weighted by molar-refractivity contribution is 7.71. The number of carbonyl (C=O) groups is 1. The van der Waals surface area contributed by atoms with Crippen LogP contribution in [0.1, 0.15) is 36.1 Å². The third kappa shape index (κ3) is 3.44. The maximum atomic E-state index is 12.4. The minimum absolute atomic E-state index is 0.000499. The van der Waals surface area contributed by atoms with E-state index >= 15 is 0 Å². The first-order valence-corrected chi connectivity index (χ1v) is 8.10. The number of hydrogen-bond acceptors (Lipinski definition) is 4. The molecule has 0 radical (unpaired) electrons. The molecule has 0 saturated carbocycles. The van der Waals surface area contributed by atoms with E-state index < -0.39 is 0 Å². The summed E-state index contributed by atoms with van der Waals surface area (Å²) in [4.78, 5) is 14.2. The molecule has 1 aliphatic heterocycles. The average molecular weight is 332 g/mol. The molecule has 0 aromatic carbocycles. The highest BCUT2D eigenvalue weighted by atomic mass is 32.1. The third-order valence-electron chi connectivity index (χ3n) is 4.16. The first-order valence-electron chi connectivity index (χ1n) is 7.69. The number of nitrogens with zero attached hydrogens (tertiary/aromatic N) is 3. The minimum Gasteiger partial charge on any atom is -0.462 e. The lowest BCUT2D eigenvalue weighted by molar-refractivity contribution is -0.127. The summed E-state index contributed by atoms with van der Waals surface area (Å²) in [5, 5.41) is 7.12. The Morgan fingerprint density at radius 2 is 2.35 bits per heavy atom. The van der Waals surface area contributed by atoms with Gasteiger partial charge in [-0.05, 0) is 50.2 Å². The van der Waals surface area contributed by atoms with Crippen LogP contribution in [0.2, 0.25) is 0 Å². The number of piperidine rings is 1. The first-order chi connectivity index (χ1) is 11.0. The zero-order chi connectivity index (χ0) is 16.4. The Labute approximate surface area is 139 Å². The molecule has 2 aromatic rings. The molecule has 1 atom stereocenters. The summed E-state index contributed by atoms with van der Waals surface area (Å²) in [6.45, 7) is 3.31. The number of furan rings is 1. The van der Waals surface area contributed by atoms with Crippen molar-refractivity contribution in [3.8, 4) is 0 Å². The van der Waals surface area contributed by atoms with Crippen LogP contribution in [0.5, 0.6) is 0 Å². The van der Waals surface area contributed by atoms with Gasteiger partial charge in [0, 0.05) is 32.1 Å². The van der Waals surface area contributed by atoms with Gasteiger partial charge in [0.05, 0.1) is 0 Å². The molecule has 122 valence electrons. The largest absolute Gasteiger partial charge is 0.462 e. The molecule has 1 fully saturated rings. The number of carbonyl (C=O) groups excluding carboxylic acids is 1. The average Bonchev–Trinajstić information content (AvgIpc) is 3.12. The fraction of sp³-hybridized carbons (Fsp3) is 0.438. The smallest absolute Gasteiger partial charge is 0.246 e. The lowest BCUT2D eigenvalue weighted by atomic mass is 9.97. The second-order valence-corrected chi connectivity index (χ2v) is 6.24. The molecule has 7 heteroatoms. The monoisotopic (exact) mass is 332 g/mol. The molecule has 0 aliphatic carbocycles. The van der Waals surface area contributed by atoms with Crippen LogP contribution >= 0.6 is 12.2 Å². The third-order valence-corrected chi connectivity index (χ3v) is 4.53. The Morgan fingerprint density at radius 3 is 3.00 bits per heavy atom. The quantitative estimate of drug-likeness (QED) is 0.693. The van der Waals surface area contributed by atoms with Gasteiger partial charge >= 0.3 is 0 Å². The van der Waals surface area contributed by atoms with Crippen LogP contribution in [-0.4, -0.2) is 38.7 Å². The van der Waals surface area contributed by atoms with Crippen LogP contribution in [0, 0.1) is 11.7 Å². The molecule has 23 heavy (non-hydrogen) atoms. The van der Waals surface area contributed by atoms with Gasteiger partial charge < -0.3 is 13.9 Å². The van der Waals surface area contributed by atoms with E-state index in [0.29, 0.717) is 17.1 Å². The van der Waals surface area contributed by atoms with Gasteiger partial charge in [0.15, 0.2) is 4.77 Å². The number of nitrogens with one attached hydrogen (secondary N) is 1. The van der Waals surface area contributed by atoms with Crippen molar-refractivity contribution < 1.29 is 9.21 Å². The van der Waals surface area contributed by atoms with Crippen LogP contribution in [-0.2, 0) is 11.8 Å². The minimum atomic E-state index is 0.000499. The van der Waals surface area contributed by atoms with E-state index in [4.69, 9.17) is 16.6 Å². The molecule has 1 saturated heterocycles. The van der Waals surface area contributed by atoms with E-state index in [1.807, 2.05) is 35.6 Å². The Morgan fingerprint density at radius 1 is 1.52 bits per heavy atom. The molecule has 0 unspecified atom stereocenters. The molecule has 1 amide bonds. The molecule has 6 nitrogen and oxygen atoms in total.